The van der Waals surface area contributed by atoms with Crippen LogP contribution in [0, 0.1) is 0 Å². The Balaban J connectivity index is 4.96. The number of hydrogen-bond acceptors (Lipinski definition) is 11. The molecule has 4 unspecified atom stereocenters. The fraction of sp³-hybridized carbons (Fsp3) is 0.965. The van der Waals surface area contributed by atoms with Crippen LogP contribution < -0.4 is 5.73 Å². The fourth-order valence-corrected chi connectivity index (χ4v) is 9.32. The van der Waals surface area contributed by atoms with Crippen LogP contribution in [-0.2, 0) is 19.1 Å². The van der Waals surface area contributed by atoms with Gasteiger partial charge in [0.15, 0.2) is 0 Å². The van der Waals surface area contributed by atoms with Crippen molar-refractivity contribution in [2.75, 3.05) is 52.5 Å². The van der Waals surface area contributed by atoms with Crippen LogP contribution in [0.15, 0.2) is 0 Å². The molecule has 0 aromatic heterocycles. The van der Waals surface area contributed by atoms with Crippen LogP contribution >= 0.6 is 0 Å². The normalized spacial score (nSPS) is 14.1. The molecular formula is C57H115N3O8. The third kappa shape index (κ3) is 44.6. The van der Waals surface area contributed by atoms with E-state index in [1.807, 2.05) is 0 Å². The van der Waals surface area contributed by atoms with E-state index >= 15 is 0 Å². The third-order valence-corrected chi connectivity index (χ3v) is 13.7. The first kappa shape index (κ1) is 66.7. The number of hydrogen-bond donors (Lipinski definition) is 5. The average Bonchev–Trinajstić information content (AvgIpc) is 3.32. The second-order valence-electron chi connectivity index (χ2n) is 20.7. The molecule has 11 heteroatoms. The molecule has 11 nitrogen and oxygen atoms in total. The van der Waals surface area contributed by atoms with E-state index in [1.54, 1.807) is 0 Å². The number of esters is 2. The highest BCUT2D eigenvalue weighted by atomic mass is 16.6. The zero-order chi connectivity index (χ0) is 50.1. The highest BCUT2D eigenvalue weighted by Crippen LogP contribution is 2.16. The van der Waals surface area contributed by atoms with E-state index in [0.29, 0.717) is 52.1 Å². The molecule has 0 aromatic rings. The van der Waals surface area contributed by atoms with Crippen molar-refractivity contribution in [2.45, 2.75) is 302 Å². The Morgan fingerprint density at radius 3 is 0.779 bits per heavy atom. The minimum atomic E-state index is -1.55. The summed E-state index contributed by atoms with van der Waals surface area (Å²) < 4.78 is 10.9. The summed E-state index contributed by atoms with van der Waals surface area (Å²) in [4.78, 5) is 29.8. The molecule has 0 spiro atoms. The summed E-state index contributed by atoms with van der Waals surface area (Å²) in [6.45, 7) is 12.0. The maximum atomic E-state index is 12.8. The number of aliphatic hydroxyl groups is 4. The monoisotopic (exact) mass is 970 g/mol. The largest absolute Gasteiger partial charge is 0.464 e. The van der Waals surface area contributed by atoms with Crippen LogP contribution in [0.5, 0.6) is 0 Å². The number of nitrogens with two attached hydrogens (primary N) is 1. The highest BCUT2D eigenvalue weighted by Gasteiger charge is 2.26. The number of unbranched alkanes of at least 4 members (excludes halogenated alkanes) is 28. The SMILES string of the molecule is CCCCCCCCCCC(O)CN(CCCOC(=O)C(N)C(=O)OCCCN(CC(O)CCCCCCCCCC)CC(O)CCCCCCCCCC)CC(O)CCCCCCCCCC. The molecule has 0 aliphatic heterocycles. The van der Waals surface area contributed by atoms with E-state index < -0.39 is 42.4 Å². The topological polar surface area (TPSA) is 166 Å². The number of nitrogens with zero attached hydrogens (tertiary/aromatic N) is 2. The van der Waals surface area contributed by atoms with Crippen LogP contribution in [0.2, 0.25) is 0 Å². The summed E-state index contributed by atoms with van der Waals surface area (Å²) in [6.07, 6.45) is 40.7. The zero-order valence-corrected chi connectivity index (χ0v) is 45.3. The van der Waals surface area contributed by atoms with Gasteiger partial charge in [0.05, 0.1) is 37.6 Å². The molecule has 0 saturated carbocycles. The van der Waals surface area contributed by atoms with E-state index in [-0.39, 0.29) is 13.2 Å². The van der Waals surface area contributed by atoms with Crippen molar-refractivity contribution >= 4 is 11.9 Å². The summed E-state index contributed by atoms with van der Waals surface area (Å²) in [6, 6.07) is -1.55. The predicted molar refractivity (Wildman–Crippen MR) is 285 cm³/mol. The van der Waals surface area contributed by atoms with Crippen molar-refractivity contribution < 1.29 is 39.5 Å². The average molecular weight is 971 g/mol. The van der Waals surface area contributed by atoms with Crippen LogP contribution in [0.3, 0.4) is 0 Å². The van der Waals surface area contributed by atoms with Gasteiger partial charge in [-0.05, 0) is 38.5 Å². The molecule has 0 heterocycles. The maximum Gasteiger partial charge on any atom is 0.334 e. The van der Waals surface area contributed by atoms with E-state index in [0.717, 1.165) is 77.0 Å². The first-order valence-electron chi connectivity index (χ1n) is 29.3. The van der Waals surface area contributed by atoms with Gasteiger partial charge in [-0.1, -0.05) is 233 Å². The molecule has 0 aromatic carbocycles. The Kier molecular flexibility index (Phi) is 49.6. The molecule has 68 heavy (non-hydrogen) atoms. The highest BCUT2D eigenvalue weighted by molar-refractivity contribution is 5.98. The second kappa shape index (κ2) is 50.6. The molecule has 0 aliphatic carbocycles. The van der Waals surface area contributed by atoms with E-state index in [1.165, 1.54) is 154 Å². The summed E-state index contributed by atoms with van der Waals surface area (Å²) in [5.74, 6) is -1.67. The van der Waals surface area contributed by atoms with Gasteiger partial charge >= 0.3 is 11.9 Å². The lowest BCUT2D eigenvalue weighted by Gasteiger charge is -2.27. The van der Waals surface area contributed by atoms with Crippen molar-refractivity contribution in [3.63, 3.8) is 0 Å². The van der Waals surface area contributed by atoms with E-state index in [4.69, 9.17) is 15.2 Å². The van der Waals surface area contributed by atoms with Crippen molar-refractivity contribution in [1.82, 2.24) is 9.80 Å². The van der Waals surface area contributed by atoms with Gasteiger partial charge in [-0.3, -0.25) is 9.80 Å². The summed E-state index contributed by atoms with van der Waals surface area (Å²) in [5.41, 5.74) is 6.00. The van der Waals surface area contributed by atoms with E-state index in [2.05, 4.69) is 37.5 Å². The standard InChI is InChI=1S/C57H115N3O8/c1-5-9-13-17-21-25-29-33-39-51(61)47-59(48-52(62)40-34-30-26-22-18-14-10-6-2)43-37-45-67-56(65)55(58)57(66)68-46-38-44-60(49-53(63)41-35-31-27-23-19-15-11-7-3)50-54(64)42-36-32-28-24-20-16-12-8-4/h51-55,61-64H,5-50,58H2,1-4H3. The molecule has 0 amide bonds. The van der Waals surface area contributed by atoms with Crippen molar-refractivity contribution in [3.8, 4) is 0 Å². The number of carbonyl (C=O) groups is 2. The Bertz CT molecular complexity index is 936. The molecular weight excluding hydrogens is 855 g/mol. The van der Waals surface area contributed by atoms with Crippen molar-refractivity contribution in [2.24, 2.45) is 5.73 Å². The molecule has 0 aliphatic rings. The van der Waals surface area contributed by atoms with Gasteiger partial charge in [-0.15, -0.1) is 0 Å². The van der Waals surface area contributed by atoms with Crippen LogP contribution in [0.1, 0.15) is 272 Å². The van der Waals surface area contributed by atoms with Gasteiger partial charge < -0.3 is 35.6 Å². The lowest BCUT2D eigenvalue weighted by atomic mass is 10.0. The second-order valence-corrected chi connectivity index (χ2v) is 20.7. The van der Waals surface area contributed by atoms with Gasteiger partial charge in [-0.25, -0.2) is 9.59 Å². The van der Waals surface area contributed by atoms with Gasteiger partial charge in [0, 0.05) is 39.3 Å². The Labute approximate surface area is 420 Å². The van der Waals surface area contributed by atoms with Crippen molar-refractivity contribution in [3.05, 3.63) is 0 Å². The number of rotatable bonds is 54. The minimum Gasteiger partial charge on any atom is -0.464 e. The number of carbonyl (C=O) groups excluding carboxylic acids is 2. The summed E-state index contributed by atoms with van der Waals surface area (Å²) in [7, 11) is 0. The first-order valence-corrected chi connectivity index (χ1v) is 29.3. The predicted octanol–water partition coefficient (Wildman–Crippen LogP) is 12.4. The number of ether oxygens (including phenoxy) is 2. The smallest absolute Gasteiger partial charge is 0.334 e. The fourth-order valence-electron chi connectivity index (χ4n) is 9.32. The lowest BCUT2D eigenvalue weighted by molar-refractivity contribution is -0.157. The van der Waals surface area contributed by atoms with Crippen LogP contribution in [0.4, 0.5) is 0 Å². The maximum absolute atomic E-state index is 12.8. The quantitative estimate of drug-likeness (QED) is 0.0224. The van der Waals surface area contributed by atoms with Gasteiger partial charge in [0.25, 0.3) is 0 Å². The molecule has 4 atom stereocenters. The summed E-state index contributed by atoms with van der Waals surface area (Å²) >= 11 is 0. The molecule has 0 fully saturated rings. The van der Waals surface area contributed by atoms with Gasteiger partial charge in [0.1, 0.15) is 0 Å². The lowest BCUT2D eigenvalue weighted by Crippen LogP contribution is -2.42. The third-order valence-electron chi connectivity index (χ3n) is 13.7. The van der Waals surface area contributed by atoms with Gasteiger partial charge in [-0.2, -0.15) is 0 Å². The molecule has 0 rings (SSSR count). The van der Waals surface area contributed by atoms with Crippen LogP contribution in [-0.4, -0.2) is 125 Å². The van der Waals surface area contributed by atoms with Crippen LogP contribution in [0.25, 0.3) is 0 Å². The van der Waals surface area contributed by atoms with E-state index in [9.17, 15) is 30.0 Å². The molecule has 0 bridgehead atoms. The summed E-state index contributed by atoms with van der Waals surface area (Å²) in [5, 5.41) is 43.8. The molecule has 406 valence electrons. The molecule has 0 saturated heterocycles. The van der Waals surface area contributed by atoms with Gasteiger partial charge in [0.2, 0.25) is 6.04 Å². The minimum absolute atomic E-state index is 0.0656. The first-order chi connectivity index (χ1) is 33.1. The number of aliphatic hydroxyl groups excluding tert-OH is 4. The molecule has 6 N–H and O–H groups in total. The Morgan fingerprint density at radius 2 is 0.559 bits per heavy atom. The Hall–Kier alpha value is -1.34. The van der Waals surface area contributed by atoms with Crippen molar-refractivity contribution in [1.29, 1.82) is 0 Å². The zero-order valence-electron chi connectivity index (χ0n) is 45.3. The molecule has 0 radical (unpaired) electrons. The Morgan fingerprint density at radius 1 is 0.353 bits per heavy atom.